The molecule has 17 heavy (non-hydrogen) atoms. The lowest BCUT2D eigenvalue weighted by atomic mass is 9.95. The van der Waals surface area contributed by atoms with Gasteiger partial charge in [0, 0.05) is 0 Å². The van der Waals surface area contributed by atoms with Crippen molar-refractivity contribution >= 4 is 0 Å². The molecule has 1 rings (SSSR count). The Morgan fingerprint density at radius 2 is 1.76 bits per heavy atom. The van der Waals surface area contributed by atoms with Crippen molar-refractivity contribution in [3.63, 3.8) is 0 Å². The highest BCUT2D eigenvalue weighted by Crippen LogP contribution is 2.29. The van der Waals surface area contributed by atoms with Gasteiger partial charge in [-0.3, -0.25) is 0 Å². The maximum Gasteiger partial charge on any atom is 0.416 e. The smallest absolute Gasteiger partial charge is 0.330 e. The number of rotatable bonds is 5. The quantitative estimate of drug-likeness (QED) is 0.842. The van der Waals surface area contributed by atoms with Gasteiger partial charge in [0.05, 0.1) is 5.56 Å². The van der Waals surface area contributed by atoms with Gasteiger partial charge < -0.3 is 5.73 Å². The molecule has 0 saturated heterocycles. The fraction of sp³-hybridized carbons (Fsp3) is 0.538. The Morgan fingerprint density at radius 1 is 1.18 bits per heavy atom. The molecule has 0 aliphatic heterocycles. The summed E-state index contributed by atoms with van der Waals surface area (Å²) in [6.45, 7) is 2.66. The third-order valence-electron chi connectivity index (χ3n) is 2.84. The van der Waals surface area contributed by atoms with E-state index in [1.165, 1.54) is 0 Å². The Hall–Kier alpha value is -1.03. The van der Waals surface area contributed by atoms with E-state index in [1.54, 1.807) is 12.1 Å². The first-order valence-corrected chi connectivity index (χ1v) is 5.83. The molecule has 4 heteroatoms. The maximum atomic E-state index is 12.3. The van der Waals surface area contributed by atoms with Crippen molar-refractivity contribution in [3.05, 3.63) is 35.4 Å². The molecule has 0 amide bonds. The normalized spacial score (nSPS) is 13.7. The molecule has 1 aromatic carbocycles. The summed E-state index contributed by atoms with van der Waals surface area (Å²) in [4.78, 5) is 0. The van der Waals surface area contributed by atoms with Crippen LogP contribution in [0, 0.1) is 5.92 Å². The van der Waals surface area contributed by atoms with Crippen LogP contribution in [0.4, 0.5) is 13.2 Å². The van der Waals surface area contributed by atoms with E-state index >= 15 is 0 Å². The maximum absolute atomic E-state index is 12.3. The zero-order chi connectivity index (χ0) is 12.9. The molecule has 0 aromatic heterocycles. The molecule has 1 atom stereocenters. The van der Waals surface area contributed by atoms with Gasteiger partial charge in [-0.1, -0.05) is 25.5 Å². The predicted octanol–water partition coefficient (Wildman–Crippen LogP) is 3.62. The fourth-order valence-electron chi connectivity index (χ4n) is 1.87. The number of hydrogen-bond acceptors (Lipinski definition) is 1. The second-order valence-corrected chi connectivity index (χ2v) is 4.29. The van der Waals surface area contributed by atoms with Crippen LogP contribution in [-0.2, 0) is 12.6 Å². The summed E-state index contributed by atoms with van der Waals surface area (Å²) in [5, 5.41) is 0. The van der Waals surface area contributed by atoms with Gasteiger partial charge in [-0.05, 0) is 43.0 Å². The molecule has 0 aliphatic carbocycles. The number of nitrogens with two attached hydrogens (primary N) is 1. The minimum atomic E-state index is -4.25. The van der Waals surface area contributed by atoms with Crippen LogP contribution < -0.4 is 5.73 Å². The average Bonchev–Trinajstić information content (AvgIpc) is 2.28. The van der Waals surface area contributed by atoms with Crippen LogP contribution >= 0.6 is 0 Å². The molecule has 0 aliphatic rings. The molecule has 0 spiro atoms. The van der Waals surface area contributed by atoms with Gasteiger partial charge >= 0.3 is 6.18 Å². The molecule has 1 unspecified atom stereocenters. The molecule has 96 valence electrons. The lowest BCUT2D eigenvalue weighted by molar-refractivity contribution is -0.137. The third-order valence-corrected chi connectivity index (χ3v) is 2.84. The van der Waals surface area contributed by atoms with E-state index in [4.69, 9.17) is 5.73 Å². The van der Waals surface area contributed by atoms with Crippen molar-refractivity contribution in [1.82, 2.24) is 0 Å². The van der Waals surface area contributed by atoms with Crippen molar-refractivity contribution < 1.29 is 13.2 Å². The van der Waals surface area contributed by atoms with E-state index in [0.717, 1.165) is 37.0 Å². The lowest BCUT2D eigenvalue weighted by Gasteiger charge is -2.14. The summed E-state index contributed by atoms with van der Waals surface area (Å²) in [6, 6.07) is 5.35. The lowest BCUT2D eigenvalue weighted by Crippen LogP contribution is -2.16. The molecule has 2 N–H and O–H groups in total. The van der Waals surface area contributed by atoms with E-state index in [0.29, 0.717) is 12.5 Å². The first kappa shape index (κ1) is 14.0. The molecular formula is C13H18F3N. The molecule has 0 radical (unpaired) electrons. The Labute approximate surface area is 99.8 Å². The molecule has 0 bridgehead atoms. The number of benzene rings is 1. The summed E-state index contributed by atoms with van der Waals surface area (Å²) < 4.78 is 37.0. The van der Waals surface area contributed by atoms with E-state index in [-0.39, 0.29) is 0 Å². The average molecular weight is 245 g/mol. The van der Waals surface area contributed by atoms with Crippen LogP contribution in [0.2, 0.25) is 0 Å². The van der Waals surface area contributed by atoms with E-state index < -0.39 is 11.7 Å². The van der Waals surface area contributed by atoms with Crippen molar-refractivity contribution in [3.8, 4) is 0 Å². The first-order chi connectivity index (χ1) is 7.97. The van der Waals surface area contributed by atoms with E-state index in [2.05, 4.69) is 6.92 Å². The highest BCUT2D eigenvalue weighted by atomic mass is 19.4. The molecule has 0 saturated carbocycles. The highest BCUT2D eigenvalue weighted by Gasteiger charge is 2.29. The van der Waals surface area contributed by atoms with Crippen LogP contribution in [0.3, 0.4) is 0 Å². The van der Waals surface area contributed by atoms with Crippen LogP contribution in [0.1, 0.15) is 30.9 Å². The molecule has 1 aromatic rings. The van der Waals surface area contributed by atoms with Crippen molar-refractivity contribution in [2.75, 3.05) is 6.54 Å². The number of halogens is 3. The minimum absolute atomic E-state index is 0.358. The largest absolute Gasteiger partial charge is 0.416 e. The second-order valence-electron chi connectivity index (χ2n) is 4.29. The Kier molecular flexibility index (Phi) is 5.00. The summed E-state index contributed by atoms with van der Waals surface area (Å²) >= 11 is 0. The van der Waals surface area contributed by atoms with Gasteiger partial charge in [0.15, 0.2) is 0 Å². The van der Waals surface area contributed by atoms with Gasteiger partial charge in [-0.2, -0.15) is 13.2 Å². The summed E-state index contributed by atoms with van der Waals surface area (Å²) in [6.07, 6.45) is -1.45. The van der Waals surface area contributed by atoms with Crippen LogP contribution in [0.25, 0.3) is 0 Å². The monoisotopic (exact) mass is 245 g/mol. The molecule has 1 nitrogen and oxygen atoms in total. The Balaban J connectivity index is 2.68. The van der Waals surface area contributed by atoms with Gasteiger partial charge in [0.2, 0.25) is 0 Å². The molecule has 0 heterocycles. The van der Waals surface area contributed by atoms with E-state index in [9.17, 15) is 13.2 Å². The van der Waals surface area contributed by atoms with E-state index in [1.807, 2.05) is 0 Å². The zero-order valence-corrected chi connectivity index (χ0v) is 9.93. The zero-order valence-electron chi connectivity index (χ0n) is 9.93. The summed E-state index contributed by atoms with van der Waals surface area (Å²) in [7, 11) is 0. The van der Waals surface area contributed by atoms with Crippen molar-refractivity contribution in [1.29, 1.82) is 0 Å². The standard InChI is InChI=1S/C13H18F3N/c1-2-3-11(9-17)8-10-4-6-12(7-5-10)13(14,15)16/h4-7,11H,2-3,8-9,17H2,1H3. The Bertz CT molecular complexity index is 330. The van der Waals surface area contributed by atoms with Gasteiger partial charge in [0.25, 0.3) is 0 Å². The predicted molar refractivity (Wildman–Crippen MR) is 62.6 cm³/mol. The summed E-state index contributed by atoms with van der Waals surface area (Å²) in [5.41, 5.74) is 5.95. The van der Waals surface area contributed by atoms with Gasteiger partial charge in [-0.25, -0.2) is 0 Å². The highest BCUT2D eigenvalue weighted by molar-refractivity contribution is 5.24. The Morgan fingerprint density at radius 3 is 2.18 bits per heavy atom. The minimum Gasteiger partial charge on any atom is -0.330 e. The van der Waals surface area contributed by atoms with Crippen molar-refractivity contribution in [2.24, 2.45) is 11.7 Å². The van der Waals surface area contributed by atoms with Crippen LogP contribution in [-0.4, -0.2) is 6.54 Å². The van der Waals surface area contributed by atoms with Gasteiger partial charge in [-0.15, -0.1) is 0 Å². The topological polar surface area (TPSA) is 26.0 Å². The van der Waals surface area contributed by atoms with Crippen LogP contribution in [0.15, 0.2) is 24.3 Å². The third kappa shape index (κ3) is 4.38. The summed E-state index contributed by atoms with van der Waals surface area (Å²) in [5.74, 6) is 0.358. The second kappa shape index (κ2) is 6.05. The van der Waals surface area contributed by atoms with Crippen LogP contribution in [0.5, 0.6) is 0 Å². The first-order valence-electron chi connectivity index (χ1n) is 5.83. The van der Waals surface area contributed by atoms with Gasteiger partial charge in [0.1, 0.15) is 0 Å². The number of alkyl halides is 3. The SMILES string of the molecule is CCCC(CN)Cc1ccc(C(F)(F)F)cc1. The van der Waals surface area contributed by atoms with Crippen molar-refractivity contribution in [2.45, 2.75) is 32.4 Å². The fourth-order valence-corrected chi connectivity index (χ4v) is 1.87. The molecule has 0 fully saturated rings. The molecular weight excluding hydrogens is 227 g/mol. The number of hydrogen-bond donors (Lipinski definition) is 1.